The van der Waals surface area contributed by atoms with E-state index >= 15 is 18.4 Å². The molecule has 11 amide bonds. The van der Waals surface area contributed by atoms with Gasteiger partial charge in [-0.1, -0.05) is 33.3 Å². The molecule has 3 aliphatic carbocycles. The highest BCUT2D eigenvalue weighted by Crippen LogP contribution is 2.45. The van der Waals surface area contributed by atoms with Gasteiger partial charge < -0.3 is 69.9 Å². The van der Waals surface area contributed by atoms with Gasteiger partial charge in [0.25, 0.3) is 0 Å². The molecule has 2 unspecified atom stereocenters. The molecular weight excluding hydrogens is 1340 g/mol. The maximum absolute atomic E-state index is 15.3. The number of nitrogens with one attached hydrogen (secondary N) is 4. The lowest BCUT2D eigenvalue weighted by Crippen LogP contribution is -2.67. The summed E-state index contributed by atoms with van der Waals surface area (Å²) in [4.78, 5) is 171. The Labute approximate surface area is 585 Å². The van der Waals surface area contributed by atoms with Crippen LogP contribution in [0, 0.1) is 29.6 Å². The molecule has 7 fully saturated rings. The molecule has 570 valence electrons. The fourth-order valence-electron chi connectivity index (χ4n) is 15.4. The number of hydrogen-bond acceptors (Lipinski definition) is 14. The Morgan fingerprint density at radius 1 is 0.653 bits per heavy atom. The van der Waals surface area contributed by atoms with Crippen molar-refractivity contribution in [1.82, 2.24) is 60.5 Å². The second-order valence-electron chi connectivity index (χ2n) is 29.1. The Kier molecular flexibility index (Phi) is 28.2. The maximum atomic E-state index is 15.3. The van der Waals surface area contributed by atoms with E-state index in [4.69, 9.17) is 9.47 Å². The number of alkyl halides is 8. The number of amides is 11. The summed E-state index contributed by atoms with van der Waals surface area (Å²) in [5.74, 6) is -15.1. The summed E-state index contributed by atoms with van der Waals surface area (Å²) < 4.78 is 125. The molecule has 0 radical (unpaired) electrons. The molecule has 4 aliphatic heterocycles. The monoisotopic (exact) mass is 1450 g/mol. The summed E-state index contributed by atoms with van der Waals surface area (Å²) in [7, 11) is 7.92. The van der Waals surface area contributed by atoms with E-state index in [0.717, 1.165) is 19.6 Å². The van der Waals surface area contributed by atoms with Crippen LogP contribution in [0.4, 0.5) is 35.1 Å². The van der Waals surface area contributed by atoms with Crippen molar-refractivity contribution in [3.8, 4) is 0 Å². The number of morpholine rings is 1. The van der Waals surface area contributed by atoms with Crippen LogP contribution in [0.25, 0.3) is 0 Å². The number of ether oxygens (including phenoxy) is 2. The minimum Gasteiger partial charge on any atom is -0.382 e. The Bertz CT molecular complexity index is 2970. The summed E-state index contributed by atoms with van der Waals surface area (Å²) in [6.45, 7) is 7.84. The van der Waals surface area contributed by atoms with Gasteiger partial charge in [-0.2, -0.15) is 26.3 Å². The Hall–Kier alpha value is -6.93. The van der Waals surface area contributed by atoms with Crippen LogP contribution < -0.4 is 21.3 Å². The number of nitrogens with zero attached hydrogens (tertiary/aromatic N) is 8. The third-order valence-corrected chi connectivity index (χ3v) is 22.1. The first kappa shape index (κ1) is 81.4. The molecule has 3 saturated carbocycles. The molecule has 10 atom stereocenters. The average Bonchev–Trinajstić information content (AvgIpc) is 1.52. The predicted molar refractivity (Wildman–Crippen MR) is 350 cm³/mol. The SMILES string of the molecule is C=C1[C@@H]2CCCCCN1[C@@H](CC1CCC(C(F)(F)F)CC1)C(=O)N(C)CC(=O)N[C@@H](CCC1CC(F)C(C(F)(F)F)C(F)C1)C(=O)N1CCC[C@H]1C(=O)NC1(CCC1)C(=O)N(C)[C@@H](C)C(=O)N(C)[C@H](C(=O)N1CCOCC1)CC(=O)N(C)[C@@H](COC)C(=O)N[C@@H](C(C)C)C(=O)NCC(=O)N2C. The van der Waals surface area contributed by atoms with Crippen LogP contribution in [0.3, 0.4) is 0 Å². The number of likely N-dealkylation sites (N-methyl/N-ethyl adjacent to an activating group) is 5. The van der Waals surface area contributed by atoms with Gasteiger partial charge in [-0.05, 0) is 127 Å². The molecule has 4 saturated heterocycles. The smallest absolute Gasteiger partial charge is 0.382 e. The fraction of sp³-hybridized carbons (Fsp3) is 0.809. The minimum atomic E-state index is -5.19. The molecule has 7 aliphatic rings. The average molecular weight is 1450 g/mol. The molecule has 25 nitrogen and oxygen atoms in total. The van der Waals surface area contributed by atoms with Gasteiger partial charge >= 0.3 is 12.4 Å². The van der Waals surface area contributed by atoms with Crippen molar-refractivity contribution in [2.75, 3.05) is 101 Å². The summed E-state index contributed by atoms with van der Waals surface area (Å²) in [5, 5.41) is 10.8. The largest absolute Gasteiger partial charge is 0.397 e. The lowest BCUT2D eigenvalue weighted by molar-refractivity contribution is -0.219. The van der Waals surface area contributed by atoms with Crippen LogP contribution >= 0.6 is 0 Å². The van der Waals surface area contributed by atoms with E-state index in [1.807, 2.05) is 0 Å². The Morgan fingerprint density at radius 2 is 1.28 bits per heavy atom. The van der Waals surface area contributed by atoms with Gasteiger partial charge in [0, 0.05) is 74.2 Å². The van der Waals surface area contributed by atoms with Crippen molar-refractivity contribution in [2.45, 2.75) is 221 Å². The zero-order valence-corrected chi connectivity index (χ0v) is 59.6. The van der Waals surface area contributed by atoms with Crippen molar-refractivity contribution in [3.63, 3.8) is 0 Å². The lowest BCUT2D eigenvalue weighted by Gasteiger charge is -2.45. The number of rotatable bonds is 9. The van der Waals surface area contributed by atoms with E-state index in [1.165, 1.54) is 64.0 Å². The van der Waals surface area contributed by atoms with E-state index in [0.29, 0.717) is 32.1 Å². The highest BCUT2D eigenvalue weighted by Gasteiger charge is 2.55. The number of methoxy groups -OCH3 is 1. The molecule has 7 rings (SSSR count). The number of hydrogen-bond donors (Lipinski definition) is 4. The highest BCUT2D eigenvalue weighted by atomic mass is 19.4. The minimum absolute atomic E-state index is 0.0135. The van der Waals surface area contributed by atoms with E-state index in [9.17, 15) is 69.5 Å². The van der Waals surface area contributed by atoms with E-state index in [1.54, 1.807) is 18.7 Å². The fourth-order valence-corrected chi connectivity index (χ4v) is 15.4. The van der Waals surface area contributed by atoms with Gasteiger partial charge in [0.2, 0.25) is 65.0 Å². The first-order chi connectivity index (χ1) is 47.4. The van der Waals surface area contributed by atoms with Gasteiger partial charge in [-0.3, -0.25) is 52.7 Å². The Morgan fingerprint density at radius 3 is 1.86 bits per heavy atom. The zero-order chi connectivity index (χ0) is 74.7. The van der Waals surface area contributed by atoms with Crippen molar-refractivity contribution in [2.24, 2.45) is 29.6 Å². The van der Waals surface area contributed by atoms with E-state index in [2.05, 4.69) is 27.8 Å². The molecule has 4 heterocycles. The van der Waals surface area contributed by atoms with Crippen LogP contribution in [-0.2, 0) is 62.2 Å². The van der Waals surface area contributed by atoms with E-state index in [-0.39, 0.29) is 109 Å². The highest BCUT2D eigenvalue weighted by molar-refractivity contribution is 6.00. The van der Waals surface area contributed by atoms with Gasteiger partial charge in [0.05, 0.1) is 51.3 Å². The van der Waals surface area contributed by atoms with Crippen LogP contribution in [0.1, 0.15) is 143 Å². The number of carbonyl (C=O) groups excluding carboxylic acids is 11. The first-order valence-electron chi connectivity index (χ1n) is 35.4. The van der Waals surface area contributed by atoms with Crippen molar-refractivity contribution in [3.05, 3.63) is 12.3 Å². The third-order valence-electron chi connectivity index (χ3n) is 22.1. The van der Waals surface area contributed by atoms with Crippen LogP contribution in [0.2, 0.25) is 0 Å². The van der Waals surface area contributed by atoms with E-state index < -0.39 is 219 Å². The summed E-state index contributed by atoms with van der Waals surface area (Å²) in [6, 6.07) is -10.6. The molecule has 101 heavy (non-hydrogen) atoms. The topological polar surface area (TPSA) is 280 Å². The van der Waals surface area contributed by atoms with Crippen LogP contribution in [-0.4, -0.2) is 284 Å². The van der Waals surface area contributed by atoms with Crippen molar-refractivity contribution >= 4 is 65.0 Å². The standard InChI is InChI=1S/C68H104F8N12O13/c1-39(2)57-60(94)77-36-55(91)83(7)48-16-12-11-13-26-87(40(48)3)51(34-42-18-21-44(22-19-42)67(71,72)73)63(97)81(5)37-53(89)78-47(23-20-43-32-45(69)56(46(70)33-43)68(74,75)76)62(96)88-27-14-17-49(88)59(93)80-66(24-15-25-66)65(99)82(6)41(4)61(95)85(9)50(64(98)86-28-30-101-31-29-86)35-54(90)84(8)52(38-100-10)58(92)79-57/h39,41-52,56-57H,3,11-38H2,1-2,4-10H3,(H,77,94)(H,78,89)(H,79,92)(H,80,93)/t41-,42?,43?,44?,45?,46?,47-,48-,49-,50-,51-,52-,56?,57-/m0/s1. The summed E-state index contributed by atoms with van der Waals surface area (Å²) in [5.41, 5.74) is -1.37. The summed E-state index contributed by atoms with van der Waals surface area (Å²) in [6.07, 6.45) is -15.2. The first-order valence-corrected chi connectivity index (χ1v) is 35.4. The van der Waals surface area contributed by atoms with Gasteiger partial charge in [-0.25, -0.2) is 8.78 Å². The second kappa shape index (κ2) is 35.0. The lowest BCUT2D eigenvalue weighted by atomic mass is 9.75. The molecule has 1 spiro atoms. The normalized spacial score (nSPS) is 32.0. The molecule has 0 aromatic rings. The third kappa shape index (κ3) is 19.9. The van der Waals surface area contributed by atoms with Crippen LogP contribution in [0.15, 0.2) is 12.3 Å². The quantitative estimate of drug-likeness (QED) is 0.238. The van der Waals surface area contributed by atoms with Crippen molar-refractivity contribution in [1.29, 1.82) is 0 Å². The van der Waals surface area contributed by atoms with Gasteiger partial charge in [0.1, 0.15) is 66.1 Å². The molecule has 4 N–H and O–H groups in total. The van der Waals surface area contributed by atoms with Gasteiger partial charge in [-0.15, -0.1) is 0 Å². The molecule has 33 heteroatoms. The Balaban J connectivity index is 1.25. The van der Waals surface area contributed by atoms with Crippen LogP contribution in [0.5, 0.6) is 0 Å². The predicted octanol–water partition coefficient (Wildman–Crippen LogP) is 4.02. The number of halogens is 8. The zero-order valence-electron chi connectivity index (χ0n) is 59.6. The molecule has 2 bridgehead atoms. The number of fused-ring (bicyclic) bond motifs is 3. The molecule has 0 aromatic heterocycles. The summed E-state index contributed by atoms with van der Waals surface area (Å²) >= 11 is 0. The molecule has 0 aromatic carbocycles. The second-order valence-corrected chi connectivity index (χ2v) is 29.1. The molecular formula is C68H104F8N12O13. The van der Waals surface area contributed by atoms with Crippen molar-refractivity contribution < 1.29 is 97.3 Å². The number of carbonyl (C=O) groups is 11. The maximum Gasteiger partial charge on any atom is 0.397 e. The van der Waals surface area contributed by atoms with Gasteiger partial charge in [0.15, 0.2) is 0 Å².